The zero-order valence-electron chi connectivity index (χ0n) is 20.5. The van der Waals surface area contributed by atoms with Gasteiger partial charge < -0.3 is 19.2 Å². The Morgan fingerprint density at radius 2 is 2.21 bits per heavy atom. The first kappa shape index (κ1) is 24.3. The molecule has 6 heteroatoms. The van der Waals surface area contributed by atoms with Gasteiger partial charge in [-0.3, -0.25) is 9.69 Å². The molecular formula is C28H36N2O4. The molecule has 0 radical (unpaired) electrons. The Labute approximate surface area is 202 Å². The van der Waals surface area contributed by atoms with Gasteiger partial charge in [-0.15, -0.1) is 6.58 Å². The second-order valence-corrected chi connectivity index (χ2v) is 9.73. The normalized spacial score (nSPS) is 27.4. The number of amides is 1. The molecule has 1 aliphatic carbocycles. The van der Waals surface area contributed by atoms with Gasteiger partial charge in [-0.1, -0.05) is 18.2 Å². The van der Waals surface area contributed by atoms with E-state index >= 15 is 0 Å². The van der Waals surface area contributed by atoms with Crippen molar-refractivity contribution in [3.05, 3.63) is 72.2 Å². The molecule has 34 heavy (non-hydrogen) atoms. The standard InChI is InChI=1S/C28H36N2O4/c1-5-15-30-16-14-27(23-7-6-8-25(18-23)33-4)19-24(11-13-28(27,32)20-30)29(3)26(31)10-9-22-12-17-34-21(22)2/h5-10,12,17-18,24,32H,1,11,13-16,19-20H2,2-4H3/b10-9+/t24-,27+,28+/m1/s1. The Kier molecular flexibility index (Phi) is 7.01. The van der Waals surface area contributed by atoms with Crippen LogP contribution in [0.1, 0.15) is 42.6 Å². The largest absolute Gasteiger partial charge is 0.497 e. The zero-order valence-corrected chi connectivity index (χ0v) is 20.5. The van der Waals surface area contributed by atoms with Crippen LogP contribution in [0.5, 0.6) is 5.75 Å². The summed E-state index contributed by atoms with van der Waals surface area (Å²) in [7, 11) is 3.54. The molecule has 2 aromatic rings. The van der Waals surface area contributed by atoms with E-state index in [0.717, 1.165) is 48.6 Å². The molecule has 1 aromatic carbocycles. The number of hydrogen-bond acceptors (Lipinski definition) is 5. The van der Waals surface area contributed by atoms with Crippen molar-refractivity contribution in [2.45, 2.75) is 49.7 Å². The van der Waals surface area contributed by atoms with Crippen LogP contribution in [0.25, 0.3) is 6.08 Å². The number of ether oxygens (including phenoxy) is 1. The molecule has 182 valence electrons. The lowest BCUT2D eigenvalue weighted by Gasteiger charge is -2.59. The van der Waals surface area contributed by atoms with Crippen LogP contribution in [0.3, 0.4) is 0 Å². The second kappa shape index (κ2) is 9.80. The van der Waals surface area contributed by atoms with E-state index in [-0.39, 0.29) is 11.9 Å². The summed E-state index contributed by atoms with van der Waals surface area (Å²) in [5.41, 5.74) is 0.650. The van der Waals surface area contributed by atoms with Crippen LogP contribution in [0.15, 0.2) is 59.7 Å². The molecule has 2 aliphatic rings. The molecule has 1 aliphatic heterocycles. The number of carbonyl (C=O) groups is 1. The van der Waals surface area contributed by atoms with E-state index in [1.807, 2.05) is 49.2 Å². The van der Waals surface area contributed by atoms with Crippen LogP contribution in [0.4, 0.5) is 0 Å². The van der Waals surface area contributed by atoms with Crippen molar-refractivity contribution in [3.8, 4) is 5.75 Å². The number of aliphatic hydroxyl groups is 1. The minimum atomic E-state index is -0.884. The van der Waals surface area contributed by atoms with Gasteiger partial charge in [0.15, 0.2) is 0 Å². The van der Waals surface area contributed by atoms with Crippen molar-refractivity contribution in [3.63, 3.8) is 0 Å². The predicted octanol–water partition coefficient (Wildman–Crippen LogP) is 4.18. The maximum absolute atomic E-state index is 13.1. The van der Waals surface area contributed by atoms with Crippen LogP contribution in [0, 0.1) is 6.92 Å². The van der Waals surface area contributed by atoms with Crippen LogP contribution in [-0.2, 0) is 10.2 Å². The van der Waals surface area contributed by atoms with Gasteiger partial charge in [0.05, 0.1) is 19.0 Å². The number of rotatable bonds is 7. The first-order chi connectivity index (χ1) is 16.3. The topological polar surface area (TPSA) is 66.2 Å². The van der Waals surface area contributed by atoms with Crippen molar-refractivity contribution in [2.75, 3.05) is 33.8 Å². The Hall–Kier alpha value is -2.83. The van der Waals surface area contributed by atoms with E-state index in [9.17, 15) is 9.90 Å². The third kappa shape index (κ3) is 4.44. The highest BCUT2D eigenvalue weighted by Gasteiger charge is 2.58. The van der Waals surface area contributed by atoms with E-state index in [1.54, 1.807) is 19.4 Å². The molecule has 0 spiro atoms. The van der Waals surface area contributed by atoms with Gasteiger partial charge in [-0.25, -0.2) is 0 Å². The zero-order chi connectivity index (χ0) is 24.3. The van der Waals surface area contributed by atoms with Gasteiger partial charge in [0.1, 0.15) is 11.5 Å². The number of carbonyl (C=O) groups excluding carboxylic acids is 1. The van der Waals surface area contributed by atoms with Crippen LogP contribution in [0.2, 0.25) is 0 Å². The Bertz CT molecular complexity index is 1060. The van der Waals surface area contributed by atoms with Gasteiger partial charge in [-0.2, -0.15) is 0 Å². The number of benzene rings is 1. The average Bonchev–Trinajstić information content (AvgIpc) is 3.26. The minimum absolute atomic E-state index is 0.0278. The monoisotopic (exact) mass is 464 g/mol. The molecule has 1 N–H and O–H groups in total. The number of methoxy groups -OCH3 is 1. The van der Waals surface area contributed by atoms with E-state index < -0.39 is 11.0 Å². The third-order valence-corrected chi connectivity index (χ3v) is 7.92. The summed E-state index contributed by atoms with van der Waals surface area (Å²) in [4.78, 5) is 17.2. The van der Waals surface area contributed by atoms with Crippen molar-refractivity contribution in [1.82, 2.24) is 9.80 Å². The Morgan fingerprint density at radius 3 is 2.91 bits per heavy atom. The highest BCUT2D eigenvalue weighted by Crippen LogP contribution is 2.52. The van der Waals surface area contributed by atoms with E-state index in [0.29, 0.717) is 19.4 Å². The van der Waals surface area contributed by atoms with E-state index in [4.69, 9.17) is 9.15 Å². The first-order valence-electron chi connectivity index (χ1n) is 12.0. The fourth-order valence-electron chi connectivity index (χ4n) is 5.85. The summed E-state index contributed by atoms with van der Waals surface area (Å²) in [5.74, 6) is 1.53. The van der Waals surface area contributed by atoms with E-state index in [1.165, 1.54) is 0 Å². The lowest BCUT2D eigenvalue weighted by molar-refractivity contribution is -0.143. The fourth-order valence-corrected chi connectivity index (χ4v) is 5.85. The summed E-state index contributed by atoms with van der Waals surface area (Å²) < 4.78 is 10.8. The number of hydrogen-bond donors (Lipinski definition) is 1. The van der Waals surface area contributed by atoms with Crippen LogP contribution < -0.4 is 4.74 Å². The molecule has 3 atom stereocenters. The molecule has 4 rings (SSSR count). The number of β-amino-alcohol motifs (C(OH)–C–C–N with tert-alkyl or cyclic N) is 1. The van der Waals surface area contributed by atoms with Crippen LogP contribution in [-0.4, -0.2) is 66.2 Å². The maximum Gasteiger partial charge on any atom is 0.246 e. The van der Waals surface area contributed by atoms with Crippen molar-refractivity contribution in [2.24, 2.45) is 0 Å². The third-order valence-electron chi connectivity index (χ3n) is 7.92. The number of piperidine rings is 1. The molecule has 1 amide bonds. The summed E-state index contributed by atoms with van der Waals surface area (Å²) in [6, 6.07) is 9.97. The summed E-state index contributed by atoms with van der Waals surface area (Å²) in [6.45, 7) is 7.99. The number of likely N-dealkylation sites (N-methyl/N-ethyl adjacent to an activating group) is 1. The van der Waals surface area contributed by atoms with Gasteiger partial charge >= 0.3 is 0 Å². The Balaban J connectivity index is 1.62. The molecule has 0 bridgehead atoms. The number of likely N-dealkylation sites (tertiary alicyclic amines) is 1. The quantitative estimate of drug-likeness (QED) is 0.492. The fraction of sp³-hybridized carbons (Fsp3) is 0.464. The van der Waals surface area contributed by atoms with Crippen molar-refractivity contribution >= 4 is 12.0 Å². The molecule has 2 fully saturated rings. The SMILES string of the molecule is C=CCN1CC[C@@]2(c3cccc(OC)c3)C[C@H](N(C)C(=O)/C=C/c3ccoc3C)CC[C@]2(O)C1. The highest BCUT2D eigenvalue weighted by molar-refractivity contribution is 5.92. The lowest BCUT2D eigenvalue weighted by Crippen LogP contribution is -2.67. The Morgan fingerprint density at radius 1 is 1.38 bits per heavy atom. The lowest BCUT2D eigenvalue weighted by atomic mass is 9.55. The molecule has 1 saturated carbocycles. The first-order valence-corrected chi connectivity index (χ1v) is 12.0. The molecule has 6 nitrogen and oxygen atoms in total. The van der Waals surface area contributed by atoms with Gasteiger partial charge in [0.25, 0.3) is 0 Å². The van der Waals surface area contributed by atoms with Crippen LogP contribution >= 0.6 is 0 Å². The summed E-state index contributed by atoms with van der Waals surface area (Å²) in [6.07, 6.45) is 9.85. The predicted molar refractivity (Wildman–Crippen MR) is 134 cm³/mol. The van der Waals surface area contributed by atoms with Gasteiger partial charge in [0.2, 0.25) is 5.91 Å². The van der Waals surface area contributed by atoms with E-state index in [2.05, 4.69) is 23.6 Å². The van der Waals surface area contributed by atoms with Gasteiger partial charge in [-0.05, 0) is 69.0 Å². The number of fused-ring (bicyclic) bond motifs is 1. The summed E-state index contributed by atoms with van der Waals surface area (Å²) >= 11 is 0. The molecular weight excluding hydrogens is 428 g/mol. The molecule has 1 aromatic heterocycles. The van der Waals surface area contributed by atoms with Crippen molar-refractivity contribution < 1.29 is 19.1 Å². The second-order valence-electron chi connectivity index (χ2n) is 9.73. The van der Waals surface area contributed by atoms with Gasteiger partial charge in [0, 0.05) is 43.2 Å². The minimum Gasteiger partial charge on any atom is -0.497 e. The molecule has 2 heterocycles. The highest BCUT2D eigenvalue weighted by atomic mass is 16.5. The maximum atomic E-state index is 13.1. The molecule has 0 unspecified atom stereocenters. The summed E-state index contributed by atoms with van der Waals surface area (Å²) in [5, 5.41) is 12.1. The van der Waals surface area contributed by atoms with Crippen molar-refractivity contribution in [1.29, 1.82) is 0 Å². The number of furan rings is 1. The average molecular weight is 465 g/mol. The number of nitrogens with zero attached hydrogens (tertiary/aromatic N) is 2. The number of aryl methyl sites for hydroxylation is 1. The molecule has 1 saturated heterocycles. The smallest absolute Gasteiger partial charge is 0.246 e.